The van der Waals surface area contributed by atoms with Crippen LogP contribution >= 0.6 is 11.6 Å². The molecule has 0 bridgehead atoms. The van der Waals surface area contributed by atoms with Crippen molar-refractivity contribution in [2.45, 2.75) is 25.8 Å². The molecule has 3 aromatic rings. The molecule has 1 aromatic heterocycles. The quantitative estimate of drug-likeness (QED) is 0.634. The molecule has 0 unspecified atom stereocenters. The molecule has 0 fully saturated rings. The summed E-state index contributed by atoms with van der Waals surface area (Å²) in [5.41, 5.74) is 5.66. The fraction of sp³-hybridized carbons (Fsp3) is 0.222. The Bertz CT molecular complexity index is 785. The number of hydrogen-bond acceptors (Lipinski definition) is 0. The van der Waals surface area contributed by atoms with Crippen molar-refractivity contribution in [3.05, 3.63) is 70.4 Å². The third-order valence-corrected chi connectivity index (χ3v) is 4.49. The molecule has 0 atom stereocenters. The van der Waals surface area contributed by atoms with Crippen molar-refractivity contribution in [1.29, 1.82) is 0 Å². The first-order valence-electron chi connectivity index (χ1n) is 7.15. The van der Waals surface area contributed by atoms with Gasteiger partial charge in [0.2, 0.25) is 0 Å². The van der Waals surface area contributed by atoms with E-state index >= 15 is 0 Å². The Morgan fingerprint density at radius 3 is 2.80 bits per heavy atom. The molecule has 1 aliphatic rings. The highest BCUT2D eigenvalue weighted by Gasteiger charge is 2.11. The maximum Gasteiger partial charge on any atom is 0.0498 e. The molecule has 100 valence electrons. The zero-order chi connectivity index (χ0) is 13.5. The van der Waals surface area contributed by atoms with E-state index in [2.05, 4.69) is 41.1 Å². The summed E-state index contributed by atoms with van der Waals surface area (Å²) in [5, 5.41) is 2.04. The van der Waals surface area contributed by atoms with Gasteiger partial charge in [0.25, 0.3) is 0 Å². The SMILES string of the molecule is Clc1ccc2ccn(Cc3ccc4c(c3)CCC4)c2c1. The van der Waals surface area contributed by atoms with Gasteiger partial charge in [-0.15, -0.1) is 0 Å². The molecular weight excluding hydrogens is 266 g/mol. The maximum atomic E-state index is 6.11. The smallest absolute Gasteiger partial charge is 0.0498 e. The van der Waals surface area contributed by atoms with Crippen LogP contribution in [0.15, 0.2) is 48.7 Å². The van der Waals surface area contributed by atoms with E-state index in [1.807, 2.05) is 12.1 Å². The van der Waals surface area contributed by atoms with Crippen LogP contribution in [0.2, 0.25) is 5.02 Å². The lowest BCUT2D eigenvalue weighted by molar-refractivity contribution is 0.834. The van der Waals surface area contributed by atoms with Crippen LogP contribution in [0.4, 0.5) is 0 Å². The van der Waals surface area contributed by atoms with Crippen molar-refractivity contribution in [1.82, 2.24) is 4.57 Å². The van der Waals surface area contributed by atoms with Gasteiger partial charge in [0, 0.05) is 23.3 Å². The number of fused-ring (bicyclic) bond motifs is 2. The summed E-state index contributed by atoms with van der Waals surface area (Å²) in [5.74, 6) is 0. The summed E-state index contributed by atoms with van der Waals surface area (Å²) in [7, 11) is 0. The first-order valence-corrected chi connectivity index (χ1v) is 7.52. The number of hydrogen-bond donors (Lipinski definition) is 0. The van der Waals surface area contributed by atoms with Gasteiger partial charge in [-0.05, 0) is 59.5 Å². The zero-order valence-corrected chi connectivity index (χ0v) is 12.0. The van der Waals surface area contributed by atoms with Crippen LogP contribution in [0, 0.1) is 0 Å². The molecule has 1 aliphatic carbocycles. The third-order valence-electron chi connectivity index (χ3n) is 4.25. The molecule has 0 aliphatic heterocycles. The van der Waals surface area contributed by atoms with Gasteiger partial charge in [-0.2, -0.15) is 0 Å². The largest absolute Gasteiger partial charge is 0.343 e. The minimum Gasteiger partial charge on any atom is -0.343 e. The number of aromatic nitrogens is 1. The molecule has 0 radical (unpaired) electrons. The van der Waals surface area contributed by atoms with Crippen LogP contribution in [0.3, 0.4) is 0 Å². The second-order valence-electron chi connectivity index (χ2n) is 5.60. The number of rotatable bonds is 2. The molecule has 20 heavy (non-hydrogen) atoms. The molecular formula is C18H16ClN. The predicted molar refractivity (Wildman–Crippen MR) is 84.5 cm³/mol. The van der Waals surface area contributed by atoms with Crippen LogP contribution < -0.4 is 0 Å². The summed E-state index contributed by atoms with van der Waals surface area (Å²) in [4.78, 5) is 0. The Hall–Kier alpha value is -1.73. The number of nitrogens with zero attached hydrogens (tertiary/aromatic N) is 1. The van der Waals surface area contributed by atoms with Crippen LogP contribution in [0.5, 0.6) is 0 Å². The first kappa shape index (κ1) is 12.0. The standard InChI is InChI=1S/C18H16ClN/c19-17-7-6-15-8-9-20(18(15)11-17)12-13-4-5-14-2-1-3-16(14)10-13/h4-11H,1-3,12H2. The lowest BCUT2D eigenvalue weighted by Crippen LogP contribution is -1.98. The van der Waals surface area contributed by atoms with Gasteiger partial charge < -0.3 is 4.57 Å². The van der Waals surface area contributed by atoms with Gasteiger partial charge in [-0.3, -0.25) is 0 Å². The monoisotopic (exact) mass is 281 g/mol. The molecule has 0 saturated heterocycles. The Morgan fingerprint density at radius 2 is 1.85 bits per heavy atom. The lowest BCUT2D eigenvalue weighted by Gasteiger charge is -2.08. The molecule has 0 N–H and O–H groups in total. The molecule has 2 heteroatoms. The second kappa shape index (κ2) is 4.68. The summed E-state index contributed by atoms with van der Waals surface area (Å²) in [6, 6.07) is 15.2. The highest BCUT2D eigenvalue weighted by Crippen LogP contribution is 2.25. The molecule has 4 rings (SSSR count). The fourth-order valence-corrected chi connectivity index (χ4v) is 3.38. The third kappa shape index (κ3) is 2.03. The first-order chi connectivity index (χ1) is 9.79. The van der Waals surface area contributed by atoms with E-state index in [4.69, 9.17) is 11.6 Å². The van der Waals surface area contributed by atoms with Crippen LogP contribution in [0.25, 0.3) is 10.9 Å². The predicted octanol–water partition coefficient (Wildman–Crippen LogP) is 4.83. The minimum atomic E-state index is 0.798. The zero-order valence-electron chi connectivity index (χ0n) is 11.3. The summed E-state index contributed by atoms with van der Waals surface area (Å²) < 4.78 is 2.28. The summed E-state index contributed by atoms with van der Waals surface area (Å²) in [6.07, 6.45) is 5.94. The topological polar surface area (TPSA) is 4.93 Å². The van der Waals surface area contributed by atoms with Gasteiger partial charge >= 0.3 is 0 Å². The molecule has 0 saturated carbocycles. The highest BCUT2D eigenvalue weighted by molar-refractivity contribution is 6.31. The Balaban J connectivity index is 1.72. The van der Waals surface area contributed by atoms with E-state index < -0.39 is 0 Å². The number of aryl methyl sites for hydroxylation is 2. The van der Waals surface area contributed by atoms with Gasteiger partial charge in [0.05, 0.1) is 0 Å². The van der Waals surface area contributed by atoms with E-state index in [1.54, 1.807) is 0 Å². The highest BCUT2D eigenvalue weighted by atomic mass is 35.5. The van der Waals surface area contributed by atoms with E-state index in [0.29, 0.717) is 0 Å². The molecule has 1 heterocycles. The van der Waals surface area contributed by atoms with Crippen LogP contribution in [-0.2, 0) is 19.4 Å². The normalized spacial score (nSPS) is 13.8. The van der Waals surface area contributed by atoms with Gasteiger partial charge in [0.1, 0.15) is 0 Å². The number of benzene rings is 2. The Morgan fingerprint density at radius 1 is 0.950 bits per heavy atom. The molecule has 0 spiro atoms. The Labute approximate surface area is 123 Å². The number of halogens is 1. The van der Waals surface area contributed by atoms with Crippen molar-refractivity contribution in [3.63, 3.8) is 0 Å². The van der Waals surface area contributed by atoms with Crippen molar-refractivity contribution in [3.8, 4) is 0 Å². The van der Waals surface area contributed by atoms with Crippen LogP contribution in [0.1, 0.15) is 23.1 Å². The molecule has 0 amide bonds. The van der Waals surface area contributed by atoms with Crippen molar-refractivity contribution >= 4 is 22.5 Å². The summed E-state index contributed by atoms with van der Waals surface area (Å²) in [6.45, 7) is 0.914. The van der Waals surface area contributed by atoms with Crippen LogP contribution in [-0.4, -0.2) is 4.57 Å². The lowest BCUT2D eigenvalue weighted by atomic mass is 10.1. The van der Waals surface area contributed by atoms with E-state index in [0.717, 1.165) is 11.6 Å². The van der Waals surface area contributed by atoms with E-state index in [1.165, 1.54) is 46.9 Å². The van der Waals surface area contributed by atoms with Gasteiger partial charge in [-0.1, -0.05) is 35.9 Å². The minimum absolute atomic E-state index is 0.798. The fourth-order valence-electron chi connectivity index (χ4n) is 3.22. The maximum absolute atomic E-state index is 6.11. The van der Waals surface area contributed by atoms with Gasteiger partial charge in [-0.25, -0.2) is 0 Å². The Kier molecular flexibility index (Phi) is 2.82. The van der Waals surface area contributed by atoms with Crippen molar-refractivity contribution < 1.29 is 0 Å². The van der Waals surface area contributed by atoms with E-state index in [9.17, 15) is 0 Å². The average molecular weight is 282 g/mol. The van der Waals surface area contributed by atoms with E-state index in [-0.39, 0.29) is 0 Å². The summed E-state index contributed by atoms with van der Waals surface area (Å²) >= 11 is 6.11. The molecule has 1 nitrogen and oxygen atoms in total. The van der Waals surface area contributed by atoms with Gasteiger partial charge in [0.15, 0.2) is 0 Å². The van der Waals surface area contributed by atoms with Crippen molar-refractivity contribution in [2.24, 2.45) is 0 Å². The second-order valence-corrected chi connectivity index (χ2v) is 6.04. The van der Waals surface area contributed by atoms with Crippen molar-refractivity contribution in [2.75, 3.05) is 0 Å². The molecule has 2 aromatic carbocycles. The average Bonchev–Trinajstić information content (AvgIpc) is 3.05.